The van der Waals surface area contributed by atoms with Gasteiger partial charge in [-0.05, 0) is 43.4 Å². The van der Waals surface area contributed by atoms with Crippen LogP contribution in [-0.4, -0.2) is 23.5 Å². The van der Waals surface area contributed by atoms with E-state index < -0.39 is 11.4 Å². The van der Waals surface area contributed by atoms with Gasteiger partial charge in [-0.25, -0.2) is 0 Å². The fraction of sp³-hybridized carbons (Fsp3) is 0.579. The second kappa shape index (κ2) is 9.07. The highest BCUT2D eigenvalue weighted by Crippen LogP contribution is 2.41. The Morgan fingerprint density at radius 3 is 2.29 bits per heavy atom. The number of hydrogen-bond donors (Lipinski definition) is 2. The molecule has 0 aliphatic heterocycles. The van der Waals surface area contributed by atoms with Crippen LogP contribution in [-0.2, 0) is 15.0 Å². The zero-order chi connectivity index (χ0) is 17.4. The maximum absolute atomic E-state index is 12.8. The minimum atomic E-state index is -0.741. The van der Waals surface area contributed by atoms with Crippen molar-refractivity contribution in [3.05, 3.63) is 34.9 Å². The fourth-order valence-corrected chi connectivity index (χ4v) is 3.65. The highest BCUT2D eigenvalue weighted by molar-refractivity contribution is 6.30. The number of rotatable bonds is 9. The van der Waals surface area contributed by atoms with E-state index in [9.17, 15) is 9.59 Å². The number of carbonyl (C=O) groups excluding carboxylic acids is 1. The highest BCUT2D eigenvalue weighted by Gasteiger charge is 2.42. The Kier molecular flexibility index (Phi) is 7.10. The minimum Gasteiger partial charge on any atom is -0.481 e. The van der Waals surface area contributed by atoms with E-state index in [1.165, 1.54) is 0 Å². The minimum absolute atomic E-state index is 0.118. The number of carboxylic acid groups (broad SMARTS) is 1. The van der Waals surface area contributed by atoms with Crippen LogP contribution in [0.2, 0.25) is 5.02 Å². The van der Waals surface area contributed by atoms with Gasteiger partial charge in [0.25, 0.3) is 0 Å². The van der Waals surface area contributed by atoms with Gasteiger partial charge in [0.2, 0.25) is 5.91 Å². The zero-order valence-corrected chi connectivity index (χ0v) is 14.8. The van der Waals surface area contributed by atoms with Gasteiger partial charge in [-0.2, -0.15) is 0 Å². The van der Waals surface area contributed by atoms with Crippen LogP contribution in [0.4, 0.5) is 0 Å². The van der Waals surface area contributed by atoms with Gasteiger partial charge in [-0.3, -0.25) is 9.59 Å². The molecule has 132 valence electrons. The quantitative estimate of drug-likeness (QED) is 0.652. The molecule has 1 saturated carbocycles. The summed E-state index contributed by atoms with van der Waals surface area (Å²) in [7, 11) is 0. The average molecular weight is 352 g/mol. The number of aliphatic carboxylic acids is 1. The molecule has 1 amide bonds. The molecule has 0 saturated heterocycles. The second-order valence-electron chi connectivity index (χ2n) is 6.61. The molecule has 1 aromatic rings. The Labute approximate surface area is 148 Å². The summed E-state index contributed by atoms with van der Waals surface area (Å²) in [5.41, 5.74) is 0.650. The smallest absolute Gasteiger partial charge is 0.303 e. The van der Waals surface area contributed by atoms with Gasteiger partial charge in [0.1, 0.15) is 0 Å². The highest BCUT2D eigenvalue weighted by atomic mass is 35.5. The molecule has 1 aliphatic carbocycles. The van der Waals surface area contributed by atoms with Crippen molar-refractivity contribution in [2.75, 3.05) is 6.54 Å². The van der Waals surface area contributed by atoms with Gasteiger partial charge >= 0.3 is 5.97 Å². The third-order valence-corrected chi connectivity index (χ3v) is 5.14. The largest absolute Gasteiger partial charge is 0.481 e. The first-order valence-corrected chi connectivity index (χ1v) is 9.18. The molecule has 1 fully saturated rings. The maximum Gasteiger partial charge on any atom is 0.303 e. The molecule has 2 N–H and O–H groups in total. The monoisotopic (exact) mass is 351 g/mol. The Bertz CT molecular complexity index is 550. The molecule has 0 heterocycles. The van der Waals surface area contributed by atoms with E-state index in [0.29, 0.717) is 18.0 Å². The van der Waals surface area contributed by atoms with Crippen LogP contribution in [0.15, 0.2) is 24.3 Å². The van der Waals surface area contributed by atoms with Gasteiger partial charge < -0.3 is 10.4 Å². The molecular formula is C19H26ClNO3. The molecule has 0 spiro atoms. The Morgan fingerprint density at radius 1 is 1.04 bits per heavy atom. The Balaban J connectivity index is 1.82. The fourth-order valence-electron chi connectivity index (χ4n) is 3.52. The third-order valence-electron chi connectivity index (χ3n) is 4.89. The molecule has 4 nitrogen and oxygen atoms in total. The van der Waals surface area contributed by atoms with Crippen LogP contribution in [0.5, 0.6) is 0 Å². The summed E-state index contributed by atoms with van der Waals surface area (Å²) in [5, 5.41) is 12.4. The van der Waals surface area contributed by atoms with Gasteiger partial charge in [0.05, 0.1) is 5.41 Å². The van der Waals surface area contributed by atoms with E-state index in [0.717, 1.165) is 50.5 Å². The van der Waals surface area contributed by atoms with E-state index in [-0.39, 0.29) is 12.3 Å². The van der Waals surface area contributed by atoms with Crippen molar-refractivity contribution in [1.29, 1.82) is 0 Å². The molecule has 5 heteroatoms. The van der Waals surface area contributed by atoms with Crippen LogP contribution in [0, 0.1) is 0 Å². The number of hydrogen-bond acceptors (Lipinski definition) is 2. The van der Waals surface area contributed by atoms with Gasteiger partial charge in [0, 0.05) is 18.0 Å². The molecule has 0 aromatic heterocycles. The lowest BCUT2D eigenvalue weighted by Crippen LogP contribution is -2.43. The summed E-state index contributed by atoms with van der Waals surface area (Å²) in [6, 6.07) is 7.65. The first kappa shape index (κ1) is 18.8. The lowest BCUT2D eigenvalue weighted by molar-refractivity contribution is -0.137. The molecule has 0 atom stereocenters. The number of halogens is 1. The predicted molar refractivity (Wildman–Crippen MR) is 95.3 cm³/mol. The van der Waals surface area contributed by atoms with Crippen molar-refractivity contribution in [2.24, 2.45) is 0 Å². The van der Waals surface area contributed by atoms with Gasteiger partial charge in [-0.1, -0.05) is 49.4 Å². The normalized spacial score (nSPS) is 16.0. The number of amides is 1. The van der Waals surface area contributed by atoms with E-state index >= 15 is 0 Å². The van der Waals surface area contributed by atoms with Crippen molar-refractivity contribution in [1.82, 2.24) is 5.32 Å². The standard InChI is InChI=1S/C19H26ClNO3/c20-16-10-8-15(9-11-16)19(12-4-5-13-19)18(24)21-14-6-2-1-3-7-17(22)23/h8-11H,1-7,12-14H2,(H,21,24)(H,22,23). The van der Waals surface area contributed by atoms with Gasteiger partial charge in [0.15, 0.2) is 0 Å². The summed E-state index contributed by atoms with van der Waals surface area (Å²) in [4.78, 5) is 23.3. The van der Waals surface area contributed by atoms with Crippen molar-refractivity contribution in [3.8, 4) is 0 Å². The van der Waals surface area contributed by atoms with Crippen molar-refractivity contribution >= 4 is 23.5 Å². The number of unbranched alkanes of at least 4 members (excludes halogenated alkanes) is 3. The number of nitrogens with one attached hydrogen (secondary N) is 1. The summed E-state index contributed by atoms with van der Waals surface area (Å²) < 4.78 is 0. The molecule has 1 aromatic carbocycles. The zero-order valence-electron chi connectivity index (χ0n) is 14.0. The number of carbonyl (C=O) groups is 2. The van der Waals surface area contributed by atoms with E-state index in [1.54, 1.807) is 0 Å². The van der Waals surface area contributed by atoms with E-state index in [2.05, 4.69) is 5.32 Å². The summed E-state index contributed by atoms with van der Waals surface area (Å²) in [6.45, 7) is 0.654. The van der Waals surface area contributed by atoms with Crippen LogP contribution in [0.25, 0.3) is 0 Å². The van der Waals surface area contributed by atoms with E-state index in [4.69, 9.17) is 16.7 Å². The summed E-state index contributed by atoms with van der Waals surface area (Å²) >= 11 is 5.97. The second-order valence-corrected chi connectivity index (χ2v) is 7.05. The van der Waals surface area contributed by atoms with E-state index in [1.807, 2.05) is 24.3 Å². The Hall–Kier alpha value is -1.55. The topological polar surface area (TPSA) is 66.4 Å². The molecular weight excluding hydrogens is 326 g/mol. The lowest BCUT2D eigenvalue weighted by atomic mass is 9.78. The number of carboxylic acids is 1. The summed E-state index contributed by atoms with van der Waals surface area (Å²) in [5.74, 6) is -0.623. The lowest BCUT2D eigenvalue weighted by Gasteiger charge is -2.28. The van der Waals surface area contributed by atoms with Crippen molar-refractivity contribution < 1.29 is 14.7 Å². The predicted octanol–water partition coefficient (Wildman–Crippen LogP) is 4.30. The van der Waals surface area contributed by atoms with Crippen LogP contribution in [0.1, 0.15) is 63.4 Å². The van der Waals surface area contributed by atoms with Gasteiger partial charge in [-0.15, -0.1) is 0 Å². The first-order chi connectivity index (χ1) is 11.5. The maximum atomic E-state index is 12.8. The SMILES string of the molecule is O=C(O)CCCCCCNC(=O)C1(c2ccc(Cl)cc2)CCCC1. The van der Waals surface area contributed by atoms with Crippen molar-refractivity contribution in [3.63, 3.8) is 0 Å². The molecule has 0 bridgehead atoms. The summed E-state index contributed by atoms with van der Waals surface area (Å²) in [6.07, 6.45) is 7.59. The molecule has 0 unspecified atom stereocenters. The molecule has 0 radical (unpaired) electrons. The molecule has 2 rings (SSSR count). The van der Waals surface area contributed by atoms with Crippen LogP contribution < -0.4 is 5.32 Å². The molecule has 24 heavy (non-hydrogen) atoms. The first-order valence-electron chi connectivity index (χ1n) is 8.81. The van der Waals surface area contributed by atoms with Crippen LogP contribution >= 0.6 is 11.6 Å². The molecule has 1 aliphatic rings. The van der Waals surface area contributed by atoms with Crippen molar-refractivity contribution in [2.45, 2.75) is 63.2 Å². The Morgan fingerprint density at radius 2 is 1.67 bits per heavy atom. The average Bonchev–Trinajstić information content (AvgIpc) is 3.05. The van der Waals surface area contributed by atoms with Crippen LogP contribution in [0.3, 0.4) is 0 Å². The third kappa shape index (κ3) is 4.97. The number of benzene rings is 1.